The zero-order valence-electron chi connectivity index (χ0n) is 11.1. The van der Waals surface area contributed by atoms with Crippen molar-refractivity contribution in [3.63, 3.8) is 0 Å². The first-order chi connectivity index (χ1) is 9.04. The molecule has 0 saturated heterocycles. The lowest BCUT2D eigenvalue weighted by Gasteiger charge is -2.14. The van der Waals surface area contributed by atoms with Gasteiger partial charge in [0, 0.05) is 31.5 Å². The van der Waals surface area contributed by atoms with Crippen molar-refractivity contribution in [3.05, 3.63) is 53.8 Å². The van der Waals surface area contributed by atoms with Gasteiger partial charge in [-0.05, 0) is 35.9 Å². The third-order valence-electron chi connectivity index (χ3n) is 2.72. The maximum Gasteiger partial charge on any atom is 0.125 e. The lowest BCUT2D eigenvalue weighted by atomic mass is 10.2. The van der Waals surface area contributed by atoms with Crippen LogP contribution in [0.4, 0.5) is 15.8 Å². The van der Waals surface area contributed by atoms with E-state index < -0.39 is 0 Å². The summed E-state index contributed by atoms with van der Waals surface area (Å²) in [4.78, 5) is 1.99. The van der Waals surface area contributed by atoms with Crippen molar-refractivity contribution in [1.82, 2.24) is 0 Å². The van der Waals surface area contributed by atoms with Crippen LogP contribution in [-0.2, 0) is 6.61 Å². The van der Waals surface area contributed by atoms with Gasteiger partial charge in [-0.1, -0.05) is 6.07 Å². The van der Waals surface area contributed by atoms with Crippen LogP contribution in [0.2, 0.25) is 0 Å². The fourth-order valence-electron chi connectivity index (χ4n) is 1.78. The van der Waals surface area contributed by atoms with E-state index in [9.17, 15) is 4.39 Å². The molecular formula is C15H17FN2O. The number of hydrogen-bond acceptors (Lipinski definition) is 3. The van der Waals surface area contributed by atoms with E-state index in [1.807, 2.05) is 43.3 Å². The first kappa shape index (κ1) is 13.2. The second-order valence-electron chi connectivity index (χ2n) is 4.57. The highest BCUT2D eigenvalue weighted by atomic mass is 19.1. The fourth-order valence-corrected chi connectivity index (χ4v) is 1.78. The van der Waals surface area contributed by atoms with Gasteiger partial charge < -0.3 is 15.4 Å². The van der Waals surface area contributed by atoms with E-state index >= 15 is 0 Å². The molecule has 2 rings (SSSR count). The quantitative estimate of drug-likeness (QED) is 0.859. The molecule has 0 amide bonds. The van der Waals surface area contributed by atoms with Gasteiger partial charge in [0.25, 0.3) is 0 Å². The van der Waals surface area contributed by atoms with E-state index in [0.29, 0.717) is 17.9 Å². The van der Waals surface area contributed by atoms with Crippen LogP contribution < -0.4 is 15.4 Å². The van der Waals surface area contributed by atoms with Gasteiger partial charge in [-0.15, -0.1) is 0 Å². The zero-order chi connectivity index (χ0) is 13.8. The maximum atomic E-state index is 13.2. The molecule has 0 radical (unpaired) electrons. The first-order valence-corrected chi connectivity index (χ1v) is 6.00. The van der Waals surface area contributed by atoms with Crippen LogP contribution in [0.5, 0.6) is 5.75 Å². The van der Waals surface area contributed by atoms with Gasteiger partial charge in [0.15, 0.2) is 0 Å². The lowest BCUT2D eigenvalue weighted by Crippen LogP contribution is -2.08. The Balaban J connectivity index is 2.07. The van der Waals surface area contributed by atoms with E-state index in [1.165, 1.54) is 12.1 Å². The summed E-state index contributed by atoms with van der Waals surface area (Å²) in [6.45, 7) is 0.291. The highest BCUT2D eigenvalue weighted by Gasteiger charge is 2.02. The van der Waals surface area contributed by atoms with Gasteiger partial charge in [-0.3, -0.25) is 0 Å². The Morgan fingerprint density at radius 1 is 1.16 bits per heavy atom. The molecule has 0 unspecified atom stereocenters. The monoisotopic (exact) mass is 260 g/mol. The van der Waals surface area contributed by atoms with Crippen LogP contribution in [-0.4, -0.2) is 14.1 Å². The van der Waals surface area contributed by atoms with Crippen LogP contribution in [0.3, 0.4) is 0 Å². The fraction of sp³-hybridized carbons (Fsp3) is 0.200. The van der Waals surface area contributed by atoms with Crippen molar-refractivity contribution in [1.29, 1.82) is 0 Å². The van der Waals surface area contributed by atoms with E-state index in [-0.39, 0.29) is 5.82 Å². The summed E-state index contributed by atoms with van der Waals surface area (Å²) in [5, 5.41) is 0. The number of ether oxygens (including phenoxy) is 1. The molecule has 0 fully saturated rings. The van der Waals surface area contributed by atoms with Crippen molar-refractivity contribution < 1.29 is 9.13 Å². The molecule has 19 heavy (non-hydrogen) atoms. The molecule has 0 aliphatic carbocycles. The summed E-state index contributed by atoms with van der Waals surface area (Å²) < 4.78 is 18.8. The van der Waals surface area contributed by atoms with Crippen molar-refractivity contribution in [2.45, 2.75) is 6.61 Å². The number of hydrogen-bond donors (Lipinski definition) is 1. The molecule has 2 N–H and O–H groups in total. The van der Waals surface area contributed by atoms with Gasteiger partial charge in [0.05, 0.1) is 0 Å². The molecule has 0 aliphatic rings. The normalized spacial score (nSPS) is 10.3. The van der Waals surface area contributed by atoms with Gasteiger partial charge in [0.1, 0.15) is 18.2 Å². The molecule has 0 spiro atoms. The minimum atomic E-state index is -0.347. The standard InChI is InChI=1S/C15H17FN2O/c1-18(2)14-4-3-5-15(9-14)19-10-11-6-12(16)8-13(17)7-11/h3-9H,10,17H2,1-2H3. The summed E-state index contributed by atoms with van der Waals surface area (Å²) in [6.07, 6.45) is 0. The van der Waals surface area contributed by atoms with E-state index in [1.54, 1.807) is 6.07 Å². The molecule has 2 aromatic carbocycles. The third kappa shape index (κ3) is 3.61. The molecule has 0 aromatic heterocycles. The molecule has 3 nitrogen and oxygen atoms in total. The number of nitrogen functional groups attached to an aromatic ring is 1. The molecule has 0 aliphatic heterocycles. The summed E-state index contributed by atoms with van der Waals surface area (Å²) in [5.41, 5.74) is 7.76. The Kier molecular flexibility index (Phi) is 3.90. The second kappa shape index (κ2) is 5.61. The Morgan fingerprint density at radius 2 is 1.95 bits per heavy atom. The molecular weight excluding hydrogens is 243 g/mol. The van der Waals surface area contributed by atoms with E-state index in [4.69, 9.17) is 10.5 Å². The van der Waals surface area contributed by atoms with Crippen molar-refractivity contribution >= 4 is 11.4 Å². The average Bonchev–Trinajstić information content (AvgIpc) is 2.35. The summed E-state index contributed by atoms with van der Waals surface area (Å²) in [6, 6.07) is 12.1. The van der Waals surface area contributed by atoms with E-state index in [0.717, 1.165) is 11.4 Å². The summed E-state index contributed by atoms with van der Waals surface area (Å²) in [5.74, 6) is 0.398. The third-order valence-corrected chi connectivity index (χ3v) is 2.72. The molecule has 100 valence electrons. The average molecular weight is 260 g/mol. The minimum absolute atomic E-state index is 0.291. The summed E-state index contributed by atoms with van der Waals surface area (Å²) in [7, 11) is 3.93. The summed E-state index contributed by atoms with van der Waals surface area (Å²) >= 11 is 0. The van der Waals surface area contributed by atoms with Crippen LogP contribution in [0.1, 0.15) is 5.56 Å². The molecule has 0 atom stereocenters. The predicted octanol–water partition coefficient (Wildman–Crippen LogP) is 3.05. The Morgan fingerprint density at radius 3 is 2.63 bits per heavy atom. The maximum absolute atomic E-state index is 13.2. The Hall–Kier alpha value is -2.23. The van der Waals surface area contributed by atoms with Gasteiger partial charge in [-0.2, -0.15) is 0 Å². The minimum Gasteiger partial charge on any atom is -0.489 e. The van der Waals surface area contributed by atoms with E-state index in [2.05, 4.69) is 0 Å². The number of nitrogens with zero attached hydrogens (tertiary/aromatic N) is 1. The van der Waals surface area contributed by atoms with Gasteiger partial charge >= 0.3 is 0 Å². The number of anilines is 2. The van der Waals surface area contributed by atoms with Crippen LogP contribution >= 0.6 is 0 Å². The SMILES string of the molecule is CN(C)c1cccc(OCc2cc(N)cc(F)c2)c1. The largest absolute Gasteiger partial charge is 0.489 e. The molecule has 2 aromatic rings. The number of halogens is 1. The Bertz CT molecular complexity index is 550. The predicted molar refractivity (Wildman–Crippen MR) is 75.9 cm³/mol. The number of benzene rings is 2. The van der Waals surface area contributed by atoms with Crippen molar-refractivity contribution in [2.24, 2.45) is 0 Å². The Labute approximate surface area is 112 Å². The van der Waals surface area contributed by atoms with Gasteiger partial charge in [-0.25, -0.2) is 4.39 Å². The molecule has 0 heterocycles. The van der Waals surface area contributed by atoms with Crippen LogP contribution in [0.15, 0.2) is 42.5 Å². The van der Waals surface area contributed by atoms with Crippen LogP contribution in [0, 0.1) is 5.82 Å². The lowest BCUT2D eigenvalue weighted by molar-refractivity contribution is 0.305. The highest BCUT2D eigenvalue weighted by Crippen LogP contribution is 2.21. The molecule has 4 heteroatoms. The molecule has 0 bridgehead atoms. The van der Waals surface area contributed by atoms with Crippen molar-refractivity contribution in [3.8, 4) is 5.75 Å². The second-order valence-corrected chi connectivity index (χ2v) is 4.57. The smallest absolute Gasteiger partial charge is 0.125 e. The number of rotatable bonds is 4. The number of nitrogens with two attached hydrogens (primary N) is 1. The first-order valence-electron chi connectivity index (χ1n) is 6.00. The van der Waals surface area contributed by atoms with Crippen LogP contribution in [0.25, 0.3) is 0 Å². The molecule has 0 saturated carbocycles. The zero-order valence-corrected chi connectivity index (χ0v) is 11.1. The highest BCUT2D eigenvalue weighted by molar-refractivity contribution is 5.49. The van der Waals surface area contributed by atoms with Crippen molar-refractivity contribution in [2.75, 3.05) is 24.7 Å². The van der Waals surface area contributed by atoms with Gasteiger partial charge in [0.2, 0.25) is 0 Å². The topological polar surface area (TPSA) is 38.5 Å².